The molecule has 1 heterocycles. The summed E-state index contributed by atoms with van der Waals surface area (Å²) in [4.78, 5) is 25.5. The number of thioether (sulfide) groups is 1. The third-order valence-corrected chi connectivity index (χ3v) is 5.07. The Labute approximate surface area is 150 Å². The number of amides is 1. The minimum atomic E-state index is -0.117. The van der Waals surface area contributed by atoms with Crippen molar-refractivity contribution in [2.75, 3.05) is 4.90 Å². The Hall–Kier alpha value is -2.24. The number of hydrogen-bond donors (Lipinski definition) is 0. The van der Waals surface area contributed by atoms with Crippen LogP contribution in [-0.2, 0) is 11.2 Å². The molecular weight excluding hydrogens is 338 g/mol. The van der Waals surface area contributed by atoms with Crippen molar-refractivity contribution in [3.05, 3.63) is 70.1 Å². The van der Waals surface area contributed by atoms with Crippen molar-refractivity contribution in [3.63, 3.8) is 0 Å². The Bertz CT molecular complexity index is 823. The van der Waals surface area contributed by atoms with Crippen molar-refractivity contribution >= 4 is 52.3 Å². The number of rotatable bonds is 4. The molecule has 0 unspecified atom stereocenters. The number of anilines is 1. The molecule has 3 rings (SSSR count). The molecule has 1 amide bonds. The van der Waals surface area contributed by atoms with Gasteiger partial charge in [-0.3, -0.25) is 14.5 Å². The number of hydrogen-bond acceptors (Lipinski definition) is 4. The van der Waals surface area contributed by atoms with E-state index in [0.717, 1.165) is 24.0 Å². The van der Waals surface area contributed by atoms with Gasteiger partial charge >= 0.3 is 0 Å². The summed E-state index contributed by atoms with van der Waals surface area (Å²) in [6.45, 7) is 2.09. The average Bonchev–Trinajstić information content (AvgIpc) is 2.89. The van der Waals surface area contributed by atoms with Crippen LogP contribution in [0.15, 0.2) is 53.4 Å². The van der Waals surface area contributed by atoms with Crippen LogP contribution < -0.4 is 4.90 Å². The van der Waals surface area contributed by atoms with Crippen LogP contribution in [0.3, 0.4) is 0 Å². The maximum Gasteiger partial charge on any atom is 0.270 e. The summed E-state index contributed by atoms with van der Waals surface area (Å²) >= 11 is 6.67. The molecule has 120 valence electrons. The Morgan fingerprint density at radius 2 is 1.67 bits per heavy atom. The van der Waals surface area contributed by atoms with Gasteiger partial charge in [-0.25, -0.2) is 0 Å². The highest BCUT2D eigenvalue weighted by Gasteiger charge is 2.33. The highest BCUT2D eigenvalue weighted by molar-refractivity contribution is 8.27. The molecule has 0 bridgehead atoms. The standard InChI is InChI=1S/C19H15NO2S2/c1-2-13-7-9-16(10-8-13)20-18(22)17(24-19(20)23)11-14-3-5-15(12-21)6-4-14/h3-12H,2H2,1H3. The van der Waals surface area contributed by atoms with E-state index >= 15 is 0 Å². The molecule has 0 atom stereocenters. The number of aryl methyl sites for hydroxylation is 1. The molecule has 1 fully saturated rings. The largest absolute Gasteiger partial charge is 0.298 e. The first-order valence-electron chi connectivity index (χ1n) is 7.54. The Morgan fingerprint density at radius 1 is 1.04 bits per heavy atom. The van der Waals surface area contributed by atoms with Crippen molar-refractivity contribution < 1.29 is 9.59 Å². The van der Waals surface area contributed by atoms with Crippen molar-refractivity contribution in [2.24, 2.45) is 0 Å². The normalized spacial score (nSPS) is 16.0. The molecule has 2 aromatic carbocycles. The topological polar surface area (TPSA) is 37.4 Å². The lowest BCUT2D eigenvalue weighted by atomic mass is 10.1. The van der Waals surface area contributed by atoms with Gasteiger partial charge in [-0.05, 0) is 35.8 Å². The van der Waals surface area contributed by atoms with E-state index in [4.69, 9.17) is 12.2 Å². The monoisotopic (exact) mass is 353 g/mol. The van der Waals surface area contributed by atoms with Crippen molar-refractivity contribution in [3.8, 4) is 0 Å². The van der Waals surface area contributed by atoms with Gasteiger partial charge in [0.1, 0.15) is 6.29 Å². The maximum atomic E-state index is 12.7. The molecule has 0 aliphatic carbocycles. The van der Waals surface area contributed by atoms with Crippen LogP contribution in [-0.4, -0.2) is 16.5 Å². The lowest BCUT2D eigenvalue weighted by molar-refractivity contribution is -0.113. The quantitative estimate of drug-likeness (QED) is 0.462. The predicted molar refractivity (Wildman–Crippen MR) is 103 cm³/mol. The zero-order chi connectivity index (χ0) is 17.1. The number of carbonyl (C=O) groups excluding carboxylic acids is 2. The van der Waals surface area contributed by atoms with Crippen LogP contribution in [0.5, 0.6) is 0 Å². The fourth-order valence-electron chi connectivity index (χ4n) is 2.39. The van der Waals surface area contributed by atoms with Gasteiger partial charge in [0.15, 0.2) is 4.32 Å². The number of aldehydes is 1. The van der Waals surface area contributed by atoms with Gasteiger partial charge in [-0.15, -0.1) is 0 Å². The van der Waals surface area contributed by atoms with E-state index in [1.807, 2.05) is 36.4 Å². The molecule has 0 N–H and O–H groups in total. The van der Waals surface area contributed by atoms with Gasteiger partial charge in [0.05, 0.1) is 10.6 Å². The Morgan fingerprint density at radius 3 is 2.25 bits per heavy atom. The van der Waals surface area contributed by atoms with Gasteiger partial charge in [0.2, 0.25) is 0 Å². The zero-order valence-corrected chi connectivity index (χ0v) is 14.7. The SMILES string of the molecule is CCc1ccc(N2C(=O)C(=Cc3ccc(C=O)cc3)SC2=S)cc1. The van der Waals surface area contributed by atoms with Gasteiger partial charge in [-0.1, -0.05) is 67.3 Å². The first-order chi connectivity index (χ1) is 11.6. The molecule has 0 spiro atoms. The first-order valence-corrected chi connectivity index (χ1v) is 8.77. The van der Waals surface area contributed by atoms with E-state index in [1.54, 1.807) is 23.1 Å². The lowest BCUT2D eigenvalue weighted by Gasteiger charge is -2.14. The zero-order valence-electron chi connectivity index (χ0n) is 13.1. The van der Waals surface area contributed by atoms with E-state index in [1.165, 1.54) is 17.3 Å². The van der Waals surface area contributed by atoms with E-state index in [2.05, 4.69) is 6.92 Å². The molecule has 5 heteroatoms. The minimum absolute atomic E-state index is 0.117. The summed E-state index contributed by atoms with van der Waals surface area (Å²) in [6.07, 6.45) is 3.55. The first kappa shape index (κ1) is 16.6. The number of nitrogens with zero attached hydrogens (tertiary/aromatic N) is 1. The third-order valence-electron chi connectivity index (χ3n) is 3.77. The number of benzene rings is 2. The molecule has 0 radical (unpaired) electrons. The third kappa shape index (κ3) is 3.32. The highest BCUT2D eigenvalue weighted by atomic mass is 32.2. The van der Waals surface area contributed by atoms with Gasteiger partial charge in [-0.2, -0.15) is 0 Å². The van der Waals surface area contributed by atoms with Crippen LogP contribution >= 0.6 is 24.0 Å². The minimum Gasteiger partial charge on any atom is -0.298 e. The van der Waals surface area contributed by atoms with Gasteiger partial charge in [0, 0.05) is 5.56 Å². The summed E-state index contributed by atoms with van der Waals surface area (Å²) in [5, 5.41) is 0. The van der Waals surface area contributed by atoms with E-state index < -0.39 is 0 Å². The van der Waals surface area contributed by atoms with Crippen LogP contribution in [0, 0.1) is 0 Å². The van der Waals surface area contributed by atoms with E-state index in [0.29, 0.717) is 14.8 Å². The molecule has 0 saturated carbocycles. The van der Waals surface area contributed by atoms with Crippen LogP contribution in [0.25, 0.3) is 6.08 Å². The van der Waals surface area contributed by atoms with Crippen LogP contribution in [0.2, 0.25) is 0 Å². The number of thiocarbonyl (C=S) groups is 1. The summed E-state index contributed by atoms with van der Waals surface area (Å²) in [5.74, 6) is -0.117. The molecule has 1 saturated heterocycles. The fraction of sp³-hybridized carbons (Fsp3) is 0.105. The van der Waals surface area contributed by atoms with Gasteiger partial charge in [0.25, 0.3) is 5.91 Å². The molecule has 2 aromatic rings. The summed E-state index contributed by atoms with van der Waals surface area (Å²) in [5.41, 5.74) is 3.47. The van der Waals surface area contributed by atoms with Crippen molar-refractivity contribution in [2.45, 2.75) is 13.3 Å². The second-order valence-electron chi connectivity index (χ2n) is 5.32. The molecule has 1 aliphatic rings. The Balaban J connectivity index is 1.87. The lowest BCUT2D eigenvalue weighted by Crippen LogP contribution is -2.27. The van der Waals surface area contributed by atoms with Crippen molar-refractivity contribution in [1.29, 1.82) is 0 Å². The summed E-state index contributed by atoms with van der Waals surface area (Å²) in [7, 11) is 0. The summed E-state index contributed by atoms with van der Waals surface area (Å²) < 4.78 is 0.528. The van der Waals surface area contributed by atoms with Crippen LogP contribution in [0.1, 0.15) is 28.4 Å². The Kier molecular flexibility index (Phi) is 4.92. The van der Waals surface area contributed by atoms with Crippen LogP contribution in [0.4, 0.5) is 5.69 Å². The van der Waals surface area contributed by atoms with E-state index in [-0.39, 0.29) is 5.91 Å². The van der Waals surface area contributed by atoms with Gasteiger partial charge < -0.3 is 0 Å². The van der Waals surface area contributed by atoms with Crippen molar-refractivity contribution in [1.82, 2.24) is 0 Å². The molecule has 1 aliphatic heterocycles. The highest BCUT2D eigenvalue weighted by Crippen LogP contribution is 2.36. The molecule has 3 nitrogen and oxygen atoms in total. The second-order valence-corrected chi connectivity index (χ2v) is 7.00. The average molecular weight is 353 g/mol. The smallest absolute Gasteiger partial charge is 0.270 e. The molecule has 24 heavy (non-hydrogen) atoms. The van der Waals surface area contributed by atoms with E-state index in [9.17, 15) is 9.59 Å². The fourth-order valence-corrected chi connectivity index (χ4v) is 3.69. The molecule has 0 aromatic heterocycles. The predicted octanol–water partition coefficient (Wildman–Crippen LogP) is 4.47. The summed E-state index contributed by atoms with van der Waals surface area (Å²) in [6, 6.07) is 14.9. The molecular formula is C19H15NO2S2. The maximum absolute atomic E-state index is 12.7. The number of carbonyl (C=O) groups is 2. The second kappa shape index (κ2) is 7.11.